The van der Waals surface area contributed by atoms with Crippen LogP contribution in [-0.2, 0) is 21.4 Å². The molecule has 160 valence electrons. The van der Waals surface area contributed by atoms with Crippen LogP contribution in [0.15, 0.2) is 36.4 Å². The van der Waals surface area contributed by atoms with Crippen molar-refractivity contribution in [1.82, 2.24) is 5.32 Å². The molecule has 0 spiro atoms. The number of hydrogen-bond acceptors (Lipinski definition) is 6. The largest absolute Gasteiger partial charge is 0.508 e. The minimum atomic E-state index is -0.256. The van der Waals surface area contributed by atoms with E-state index in [0.717, 1.165) is 22.3 Å². The van der Waals surface area contributed by atoms with E-state index in [9.17, 15) is 10.2 Å². The molecule has 6 nitrogen and oxygen atoms in total. The molecule has 0 aliphatic heterocycles. The van der Waals surface area contributed by atoms with Crippen molar-refractivity contribution in [2.24, 2.45) is 5.73 Å². The number of benzene rings is 2. The topological polar surface area (TPSA) is 97.0 Å². The third-order valence-electron chi connectivity index (χ3n) is 5.09. The highest BCUT2D eigenvalue weighted by atomic mass is 16.5. The molecule has 0 aromatic heterocycles. The van der Waals surface area contributed by atoms with E-state index in [4.69, 9.17) is 15.2 Å². The fourth-order valence-corrected chi connectivity index (χ4v) is 3.10. The molecular formula is C23H34N2O4. The third-order valence-corrected chi connectivity index (χ3v) is 5.09. The Morgan fingerprint density at radius 3 is 2.17 bits per heavy atom. The molecule has 2 rings (SSSR count). The van der Waals surface area contributed by atoms with Crippen LogP contribution in [0.2, 0.25) is 0 Å². The van der Waals surface area contributed by atoms with Gasteiger partial charge in [0.1, 0.15) is 11.5 Å². The molecule has 0 aliphatic carbocycles. The molecule has 0 saturated heterocycles. The quantitative estimate of drug-likeness (QED) is 0.408. The van der Waals surface area contributed by atoms with E-state index in [0.29, 0.717) is 51.8 Å². The fourth-order valence-electron chi connectivity index (χ4n) is 3.10. The van der Waals surface area contributed by atoms with Crippen molar-refractivity contribution in [3.8, 4) is 11.5 Å². The molecule has 6 heteroatoms. The first kappa shape index (κ1) is 23.2. The first-order valence-corrected chi connectivity index (χ1v) is 10.0. The van der Waals surface area contributed by atoms with Gasteiger partial charge in [-0.3, -0.25) is 0 Å². The lowest BCUT2D eigenvalue weighted by Crippen LogP contribution is -2.22. The second-order valence-electron chi connectivity index (χ2n) is 7.66. The van der Waals surface area contributed by atoms with Crippen LogP contribution in [0, 0.1) is 6.92 Å². The molecular weight excluding hydrogens is 368 g/mol. The van der Waals surface area contributed by atoms with Crippen LogP contribution < -0.4 is 11.1 Å². The molecule has 0 fully saturated rings. The van der Waals surface area contributed by atoms with Gasteiger partial charge in [0, 0.05) is 30.6 Å². The molecule has 2 aromatic carbocycles. The number of aryl methyl sites for hydroxylation is 1. The Balaban J connectivity index is 1.92. The molecule has 0 bridgehead atoms. The molecule has 0 saturated carbocycles. The Morgan fingerprint density at radius 1 is 0.897 bits per heavy atom. The molecule has 0 unspecified atom stereocenters. The van der Waals surface area contributed by atoms with E-state index in [-0.39, 0.29) is 11.2 Å². The van der Waals surface area contributed by atoms with Crippen molar-refractivity contribution >= 4 is 0 Å². The lowest BCUT2D eigenvalue weighted by atomic mass is 9.77. The Labute approximate surface area is 173 Å². The predicted octanol–water partition coefficient (Wildman–Crippen LogP) is 2.81. The lowest BCUT2D eigenvalue weighted by Gasteiger charge is -2.27. The summed E-state index contributed by atoms with van der Waals surface area (Å²) in [6.45, 7) is 10.2. The number of aromatic hydroxyl groups is 2. The van der Waals surface area contributed by atoms with E-state index < -0.39 is 0 Å². The van der Waals surface area contributed by atoms with Crippen LogP contribution >= 0.6 is 0 Å². The summed E-state index contributed by atoms with van der Waals surface area (Å²) in [5.74, 6) is 0.573. The number of nitrogens with two attached hydrogens (primary N) is 1. The summed E-state index contributed by atoms with van der Waals surface area (Å²) in [7, 11) is 0. The second-order valence-corrected chi connectivity index (χ2v) is 7.66. The minimum Gasteiger partial charge on any atom is -0.508 e. The molecule has 0 amide bonds. The van der Waals surface area contributed by atoms with E-state index >= 15 is 0 Å². The zero-order chi connectivity index (χ0) is 21.3. The number of nitrogens with one attached hydrogen (secondary N) is 1. The van der Waals surface area contributed by atoms with Gasteiger partial charge in [-0.2, -0.15) is 0 Å². The second kappa shape index (κ2) is 11.2. The van der Waals surface area contributed by atoms with Crippen LogP contribution in [0.5, 0.6) is 11.5 Å². The summed E-state index contributed by atoms with van der Waals surface area (Å²) < 4.78 is 10.7. The molecule has 5 N–H and O–H groups in total. The monoisotopic (exact) mass is 402 g/mol. The Bertz CT molecular complexity index is 777. The van der Waals surface area contributed by atoms with Crippen molar-refractivity contribution in [2.45, 2.75) is 32.7 Å². The highest BCUT2D eigenvalue weighted by Gasteiger charge is 2.24. The van der Waals surface area contributed by atoms with Crippen LogP contribution in [0.1, 0.15) is 36.1 Å². The average Bonchev–Trinajstić information content (AvgIpc) is 2.69. The Hall–Kier alpha value is -2.12. The normalized spacial score (nSPS) is 11.7. The van der Waals surface area contributed by atoms with Gasteiger partial charge >= 0.3 is 0 Å². The Kier molecular flexibility index (Phi) is 8.92. The first-order valence-electron chi connectivity index (χ1n) is 10.0. The number of phenolic OH excluding ortho intramolecular Hbond substituents is 2. The summed E-state index contributed by atoms with van der Waals surface area (Å²) >= 11 is 0. The predicted molar refractivity (Wildman–Crippen MR) is 115 cm³/mol. The first-order chi connectivity index (χ1) is 13.9. The van der Waals surface area contributed by atoms with Crippen molar-refractivity contribution < 1.29 is 19.7 Å². The van der Waals surface area contributed by atoms with E-state index in [1.54, 1.807) is 12.1 Å². The van der Waals surface area contributed by atoms with Gasteiger partial charge in [-0.25, -0.2) is 0 Å². The van der Waals surface area contributed by atoms with Crippen LogP contribution in [-0.4, -0.2) is 49.7 Å². The van der Waals surface area contributed by atoms with Crippen molar-refractivity contribution in [1.29, 1.82) is 0 Å². The average molecular weight is 403 g/mol. The van der Waals surface area contributed by atoms with Crippen molar-refractivity contribution in [2.75, 3.05) is 39.5 Å². The summed E-state index contributed by atoms with van der Waals surface area (Å²) in [4.78, 5) is 0. The fraction of sp³-hybridized carbons (Fsp3) is 0.478. The smallest absolute Gasteiger partial charge is 0.120 e. The zero-order valence-electron chi connectivity index (χ0n) is 17.7. The van der Waals surface area contributed by atoms with Crippen molar-refractivity contribution in [3.05, 3.63) is 58.7 Å². The maximum atomic E-state index is 10.2. The van der Waals surface area contributed by atoms with Gasteiger partial charge < -0.3 is 30.7 Å². The van der Waals surface area contributed by atoms with Gasteiger partial charge in [0.15, 0.2) is 0 Å². The standard InChI is InChI=1S/C23H34N2O4/c1-17-14-19(4-6-21(17)26)23(2,3)20-5-7-22(27)18(15-20)16-25-9-11-29-13-12-28-10-8-24/h4-7,14-15,25-27H,8-13,16,24H2,1-3H3. The molecule has 0 atom stereocenters. The maximum Gasteiger partial charge on any atom is 0.120 e. The minimum absolute atomic E-state index is 0.256. The molecule has 0 aliphatic rings. The van der Waals surface area contributed by atoms with E-state index in [1.807, 2.05) is 31.2 Å². The third kappa shape index (κ3) is 6.72. The van der Waals surface area contributed by atoms with Crippen LogP contribution in [0.4, 0.5) is 0 Å². The SMILES string of the molecule is Cc1cc(C(C)(C)c2ccc(O)c(CNCCOCCOCCN)c2)ccc1O. The van der Waals surface area contributed by atoms with Gasteiger partial charge in [0.25, 0.3) is 0 Å². The van der Waals surface area contributed by atoms with Gasteiger partial charge in [0.05, 0.1) is 26.4 Å². The summed E-state index contributed by atoms with van der Waals surface area (Å²) in [5.41, 5.74) is 9.01. The number of phenols is 2. The van der Waals surface area contributed by atoms with Gasteiger partial charge in [-0.15, -0.1) is 0 Å². The van der Waals surface area contributed by atoms with Gasteiger partial charge in [0.2, 0.25) is 0 Å². The van der Waals surface area contributed by atoms with Gasteiger partial charge in [-0.05, 0) is 41.8 Å². The number of hydrogen-bond donors (Lipinski definition) is 4. The highest BCUT2D eigenvalue weighted by Crippen LogP contribution is 2.35. The Morgan fingerprint density at radius 2 is 1.52 bits per heavy atom. The number of rotatable bonds is 12. The number of ether oxygens (including phenoxy) is 2. The summed E-state index contributed by atoms with van der Waals surface area (Å²) in [6, 6.07) is 11.4. The van der Waals surface area contributed by atoms with Gasteiger partial charge in [-0.1, -0.05) is 32.0 Å². The van der Waals surface area contributed by atoms with Crippen molar-refractivity contribution in [3.63, 3.8) is 0 Å². The summed E-state index contributed by atoms with van der Waals surface area (Å²) in [5, 5.41) is 23.4. The zero-order valence-corrected chi connectivity index (χ0v) is 17.7. The van der Waals surface area contributed by atoms with E-state index in [2.05, 4.69) is 19.2 Å². The molecule has 0 heterocycles. The molecule has 29 heavy (non-hydrogen) atoms. The molecule has 2 aromatic rings. The summed E-state index contributed by atoms with van der Waals surface area (Å²) in [6.07, 6.45) is 0. The molecule has 0 radical (unpaired) electrons. The maximum absolute atomic E-state index is 10.2. The lowest BCUT2D eigenvalue weighted by molar-refractivity contribution is 0.0518. The van der Waals surface area contributed by atoms with Crippen LogP contribution in [0.25, 0.3) is 0 Å². The highest BCUT2D eigenvalue weighted by molar-refractivity contribution is 5.46. The van der Waals surface area contributed by atoms with E-state index in [1.165, 1.54) is 0 Å². The van der Waals surface area contributed by atoms with Crippen LogP contribution in [0.3, 0.4) is 0 Å².